The Hall–Kier alpha value is -2.37. The van der Waals surface area contributed by atoms with Gasteiger partial charge in [-0.15, -0.1) is 0 Å². The lowest BCUT2D eigenvalue weighted by molar-refractivity contribution is 0.184. The second-order valence-electron chi connectivity index (χ2n) is 5.71. The average molecular weight is 345 g/mol. The first-order valence-electron chi connectivity index (χ1n) is 7.64. The molecule has 1 unspecified atom stereocenters. The molecule has 0 aliphatic rings. The molecule has 0 amide bonds. The number of pyridine rings is 2. The fraction of sp³-hybridized carbons (Fsp3) is 0.222. The summed E-state index contributed by atoms with van der Waals surface area (Å²) in [4.78, 5) is 17.2. The lowest BCUT2D eigenvalue weighted by atomic mass is 10.1. The second kappa shape index (κ2) is 6.63. The predicted molar refractivity (Wildman–Crippen MR) is 94.0 cm³/mol. The van der Waals surface area contributed by atoms with Crippen molar-refractivity contribution < 1.29 is 10.2 Å². The number of aliphatic hydroxyl groups excluding tert-OH is 1. The largest absolute Gasteiger partial charge is 0.507 e. The van der Waals surface area contributed by atoms with E-state index in [9.17, 15) is 15.0 Å². The Morgan fingerprint density at radius 2 is 1.96 bits per heavy atom. The van der Waals surface area contributed by atoms with E-state index in [0.717, 1.165) is 0 Å². The van der Waals surface area contributed by atoms with Gasteiger partial charge in [-0.1, -0.05) is 11.6 Å². The molecular weight excluding hydrogens is 328 g/mol. The number of hydrogen-bond donors (Lipinski definition) is 2. The average Bonchev–Trinajstić information content (AvgIpc) is 2.56. The highest BCUT2D eigenvalue weighted by Crippen LogP contribution is 2.27. The molecule has 0 aliphatic heterocycles. The maximum Gasteiger partial charge on any atom is 0.263 e. The van der Waals surface area contributed by atoms with Gasteiger partial charge in [0, 0.05) is 11.2 Å². The molecule has 2 aromatic heterocycles. The molecule has 0 saturated heterocycles. The van der Waals surface area contributed by atoms with Gasteiger partial charge < -0.3 is 10.2 Å². The van der Waals surface area contributed by atoms with Crippen LogP contribution in [0.5, 0.6) is 5.75 Å². The summed E-state index contributed by atoms with van der Waals surface area (Å²) in [7, 11) is 0. The van der Waals surface area contributed by atoms with Gasteiger partial charge >= 0.3 is 0 Å². The van der Waals surface area contributed by atoms with E-state index in [1.54, 1.807) is 49.5 Å². The SMILES string of the molecule is CC(O)CCc1c(O)c2cccnc2n(-c2ccc(Cl)cc2)c1=O. The molecule has 1 atom stereocenters. The van der Waals surface area contributed by atoms with Crippen molar-refractivity contribution in [2.75, 3.05) is 0 Å². The van der Waals surface area contributed by atoms with Gasteiger partial charge in [0.2, 0.25) is 0 Å². The first-order chi connectivity index (χ1) is 11.5. The third-order valence-corrected chi connectivity index (χ3v) is 4.15. The summed E-state index contributed by atoms with van der Waals surface area (Å²) >= 11 is 5.93. The van der Waals surface area contributed by atoms with Gasteiger partial charge in [-0.2, -0.15) is 0 Å². The molecule has 2 heterocycles. The Balaban J connectivity index is 2.30. The van der Waals surface area contributed by atoms with E-state index in [1.807, 2.05) is 0 Å². The standard InChI is InChI=1S/C18H17ClN2O3/c1-11(22)4-9-15-16(23)14-3-2-10-20-17(14)21(18(15)24)13-7-5-12(19)6-8-13/h2-3,5-8,10-11,22-23H,4,9H2,1H3. The lowest BCUT2D eigenvalue weighted by Crippen LogP contribution is -2.24. The molecule has 0 saturated carbocycles. The minimum atomic E-state index is -0.558. The Labute approximate surface area is 143 Å². The lowest BCUT2D eigenvalue weighted by Gasteiger charge is -2.14. The Morgan fingerprint density at radius 3 is 2.62 bits per heavy atom. The normalized spacial score (nSPS) is 12.5. The monoisotopic (exact) mass is 344 g/mol. The first kappa shape index (κ1) is 16.5. The quantitative estimate of drug-likeness (QED) is 0.762. The molecule has 0 aliphatic carbocycles. The smallest absolute Gasteiger partial charge is 0.263 e. The van der Waals surface area contributed by atoms with Crippen LogP contribution in [0.25, 0.3) is 16.7 Å². The molecule has 1 aromatic carbocycles. The van der Waals surface area contributed by atoms with Gasteiger partial charge in [0.1, 0.15) is 5.75 Å². The molecule has 0 spiro atoms. The van der Waals surface area contributed by atoms with Crippen LogP contribution < -0.4 is 5.56 Å². The van der Waals surface area contributed by atoms with Gasteiger partial charge in [0.05, 0.1) is 22.7 Å². The summed E-state index contributed by atoms with van der Waals surface area (Å²) in [6, 6.07) is 10.3. The van der Waals surface area contributed by atoms with Crippen LogP contribution in [0.4, 0.5) is 0 Å². The van der Waals surface area contributed by atoms with Crippen LogP contribution in [-0.2, 0) is 6.42 Å². The van der Waals surface area contributed by atoms with E-state index in [0.29, 0.717) is 28.2 Å². The molecule has 0 radical (unpaired) electrons. The number of benzene rings is 1. The van der Waals surface area contributed by atoms with Crippen molar-refractivity contribution in [1.29, 1.82) is 0 Å². The zero-order valence-corrected chi connectivity index (χ0v) is 13.9. The van der Waals surface area contributed by atoms with Crippen LogP contribution in [0.3, 0.4) is 0 Å². The van der Waals surface area contributed by atoms with E-state index in [1.165, 1.54) is 4.57 Å². The van der Waals surface area contributed by atoms with Crippen LogP contribution >= 0.6 is 11.6 Å². The maximum atomic E-state index is 13.0. The van der Waals surface area contributed by atoms with Crippen LogP contribution in [-0.4, -0.2) is 25.9 Å². The fourth-order valence-corrected chi connectivity index (χ4v) is 2.79. The van der Waals surface area contributed by atoms with E-state index in [2.05, 4.69) is 4.98 Å². The minimum Gasteiger partial charge on any atom is -0.507 e. The van der Waals surface area contributed by atoms with Crippen LogP contribution in [0.1, 0.15) is 18.9 Å². The summed E-state index contributed by atoms with van der Waals surface area (Å²) < 4.78 is 1.46. The number of nitrogens with zero attached hydrogens (tertiary/aromatic N) is 2. The Bertz CT molecular complexity index is 933. The van der Waals surface area contributed by atoms with Gasteiger partial charge in [-0.05, 0) is 56.2 Å². The summed E-state index contributed by atoms with van der Waals surface area (Å²) in [5.41, 5.74) is 0.919. The molecule has 2 N–H and O–H groups in total. The minimum absolute atomic E-state index is 0.0750. The maximum absolute atomic E-state index is 13.0. The second-order valence-corrected chi connectivity index (χ2v) is 6.14. The van der Waals surface area contributed by atoms with Gasteiger partial charge in [-0.25, -0.2) is 4.98 Å². The molecule has 3 aromatic rings. The fourth-order valence-electron chi connectivity index (χ4n) is 2.66. The highest BCUT2D eigenvalue weighted by molar-refractivity contribution is 6.30. The van der Waals surface area contributed by atoms with E-state index < -0.39 is 6.10 Å². The topological polar surface area (TPSA) is 75.3 Å². The first-order valence-corrected chi connectivity index (χ1v) is 8.02. The molecule has 5 nitrogen and oxygen atoms in total. The third-order valence-electron chi connectivity index (χ3n) is 3.90. The number of aliphatic hydroxyl groups is 1. The van der Waals surface area contributed by atoms with Crippen molar-refractivity contribution in [2.45, 2.75) is 25.9 Å². The number of rotatable bonds is 4. The highest BCUT2D eigenvalue weighted by atomic mass is 35.5. The van der Waals surface area contributed by atoms with Crippen LogP contribution in [0, 0.1) is 0 Å². The molecule has 124 valence electrons. The van der Waals surface area contributed by atoms with Crippen molar-refractivity contribution in [3.63, 3.8) is 0 Å². The summed E-state index contributed by atoms with van der Waals surface area (Å²) in [5.74, 6) is -0.0750. The Morgan fingerprint density at radius 1 is 1.25 bits per heavy atom. The number of halogens is 1. The zero-order valence-electron chi connectivity index (χ0n) is 13.1. The molecule has 24 heavy (non-hydrogen) atoms. The molecule has 3 rings (SSSR count). The number of fused-ring (bicyclic) bond motifs is 1. The van der Waals surface area contributed by atoms with Gasteiger partial charge in [-0.3, -0.25) is 9.36 Å². The number of aromatic nitrogens is 2. The third kappa shape index (κ3) is 3.00. The van der Waals surface area contributed by atoms with Crippen LogP contribution in [0.15, 0.2) is 47.4 Å². The van der Waals surface area contributed by atoms with E-state index in [4.69, 9.17) is 11.6 Å². The van der Waals surface area contributed by atoms with E-state index >= 15 is 0 Å². The van der Waals surface area contributed by atoms with Crippen molar-refractivity contribution in [2.24, 2.45) is 0 Å². The van der Waals surface area contributed by atoms with E-state index in [-0.39, 0.29) is 23.3 Å². The summed E-state index contributed by atoms with van der Waals surface area (Å²) in [6.45, 7) is 1.65. The molecule has 0 fully saturated rings. The van der Waals surface area contributed by atoms with Crippen LogP contribution in [0.2, 0.25) is 5.02 Å². The van der Waals surface area contributed by atoms with Crippen molar-refractivity contribution >= 4 is 22.6 Å². The van der Waals surface area contributed by atoms with Crippen molar-refractivity contribution in [3.8, 4) is 11.4 Å². The summed E-state index contributed by atoms with van der Waals surface area (Å²) in [5, 5.41) is 21.1. The predicted octanol–water partition coefficient (Wildman–Crippen LogP) is 3.06. The molecular formula is C18H17ClN2O3. The highest BCUT2D eigenvalue weighted by Gasteiger charge is 2.18. The Kier molecular flexibility index (Phi) is 4.55. The van der Waals surface area contributed by atoms with Crippen molar-refractivity contribution in [1.82, 2.24) is 9.55 Å². The van der Waals surface area contributed by atoms with Crippen molar-refractivity contribution in [3.05, 3.63) is 63.5 Å². The molecule has 0 bridgehead atoms. The van der Waals surface area contributed by atoms with Gasteiger partial charge in [0.15, 0.2) is 5.65 Å². The number of aromatic hydroxyl groups is 1. The summed E-state index contributed by atoms with van der Waals surface area (Å²) in [6.07, 6.45) is 1.68. The number of hydrogen-bond acceptors (Lipinski definition) is 4. The zero-order chi connectivity index (χ0) is 17.3. The molecule has 6 heteroatoms. The van der Waals surface area contributed by atoms with Gasteiger partial charge in [0.25, 0.3) is 5.56 Å².